The zero-order chi connectivity index (χ0) is 24.2. The fourth-order valence-corrected chi connectivity index (χ4v) is 4.17. The normalized spacial score (nSPS) is 11.2. The minimum absolute atomic E-state index is 0.00200. The van der Waals surface area contributed by atoms with Gasteiger partial charge in [-0.3, -0.25) is 14.5 Å². The van der Waals surface area contributed by atoms with Gasteiger partial charge in [-0.1, -0.05) is 54.6 Å². The molecule has 6 heteroatoms. The second kappa shape index (κ2) is 9.93. The molecule has 0 spiro atoms. The first-order valence-corrected chi connectivity index (χ1v) is 11.1. The van der Waals surface area contributed by atoms with Gasteiger partial charge in [0.15, 0.2) is 0 Å². The Labute approximate surface area is 198 Å². The molecule has 1 aromatic heterocycles. The van der Waals surface area contributed by atoms with Gasteiger partial charge in [0.1, 0.15) is 17.1 Å². The van der Waals surface area contributed by atoms with Gasteiger partial charge >= 0.3 is 5.97 Å². The third kappa shape index (κ3) is 4.72. The zero-order valence-corrected chi connectivity index (χ0v) is 19.5. The molecule has 4 rings (SSSR count). The van der Waals surface area contributed by atoms with Crippen molar-refractivity contribution >= 4 is 16.9 Å². The lowest BCUT2D eigenvalue weighted by Crippen LogP contribution is -2.30. The molecule has 0 aliphatic carbocycles. The number of hydrogen-bond acceptors (Lipinski definition) is 6. The van der Waals surface area contributed by atoms with Crippen LogP contribution in [0.15, 0.2) is 75.9 Å². The van der Waals surface area contributed by atoms with E-state index < -0.39 is 5.97 Å². The highest BCUT2D eigenvalue weighted by molar-refractivity contribution is 5.86. The Morgan fingerprint density at radius 1 is 0.971 bits per heavy atom. The molecule has 1 N–H and O–H groups in total. The van der Waals surface area contributed by atoms with Crippen LogP contribution >= 0.6 is 0 Å². The van der Waals surface area contributed by atoms with Crippen LogP contribution in [0.5, 0.6) is 5.75 Å². The Morgan fingerprint density at radius 2 is 1.68 bits per heavy atom. The highest BCUT2D eigenvalue weighted by Crippen LogP contribution is 2.31. The highest BCUT2D eigenvalue weighted by Gasteiger charge is 2.21. The van der Waals surface area contributed by atoms with Crippen molar-refractivity contribution in [3.05, 3.63) is 99.4 Å². The third-order valence-corrected chi connectivity index (χ3v) is 5.99. The van der Waals surface area contributed by atoms with Crippen LogP contribution in [0.4, 0.5) is 0 Å². The van der Waals surface area contributed by atoms with Crippen molar-refractivity contribution < 1.29 is 19.1 Å². The number of nitrogens with zero attached hydrogens (tertiary/aromatic N) is 1. The number of ether oxygens (including phenoxy) is 1. The first kappa shape index (κ1) is 23.3. The fraction of sp³-hybridized carbons (Fsp3) is 0.214. The van der Waals surface area contributed by atoms with Gasteiger partial charge in [0, 0.05) is 13.1 Å². The molecule has 1 heterocycles. The summed E-state index contributed by atoms with van der Waals surface area (Å²) in [5.41, 5.74) is 4.03. The first-order chi connectivity index (χ1) is 16.4. The van der Waals surface area contributed by atoms with Gasteiger partial charge in [-0.25, -0.2) is 0 Å². The van der Waals surface area contributed by atoms with E-state index in [-0.39, 0.29) is 24.3 Å². The largest absolute Gasteiger partial charge is 0.507 e. The lowest BCUT2D eigenvalue weighted by molar-refractivity contribution is -0.142. The average Bonchev–Trinajstić information content (AvgIpc) is 2.83. The van der Waals surface area contributed by atoms with E-state index in [2.05, 4.69) is 0 Å². The van der Waals surface area contributed by atoms with Crippen molar-refractivity contribution in [3.63, 3.8) is 0 Å². The number of benzene rings is 3. The molecule has 0 radical (unpaired) electrons. The number of aryl methyl sites for hydroxylation is 2. The van der Waals surface area contributed by atoms with Gasteiger partial charge in [0.05, 0.1) is 30.2 Å². The molecule has 3 aromatic carbocycles. The Bertz CT molecular complexity index is 1390. The van der Waals surface area contributed by atoms with E-state index in [0.717, 1.165) is 16.7 Å². The summed E-state index contributed by atoms with van der Waals surface area (Å²) in [6.45, 7) is 4.43. The van der Waals surface area contributed by atoms with E-state index in [0.29, 0.717) is 34.4 Å². The number of methoxy groups -OCH3 is 1. The summed E-state index contributed by atoms with van der Waals surface area (Å²) in [5.74, 6) is 0.0773. The van der Waals surface area contributed by atoms with Gasteiger partial charge < -0.3 is 14.3 Å². The molecule has 4 aromatic rings. The predicted molar refractivity (Wildman–Crippen MR) is 132 cm³/mol. The molecule has 0 atom stereocenters. The summed E-state index contributed by atoms with van der Waals surface area (Å²) >= 11 is 0. The van der Waals surface area contributed by atoms with Crippen molar-refractivity contribution in [1.82, 2.24) is 4.90 Å². The SMILES string of the molecule is COC(=O)CN(Cc1ccccc1C)Cc1c(O)ccc2c(=O)c(-c3ccccc3)c(C)oc12. The lowest BCUT2D eigenvalue weighted by Gasteiger charge is -2.23. The quantitative estimate of drug-likeness (QED) is 0.395. The Kier molecular flexibility index (Phi) is 6.80. The number of esters is 1. The van der Waals surface area contributed by atoms with Crippen LogP contribution in [0, 0.1) is 13.8 Å². The maximum Gasteiger partial charge on any atom is 0.319 e. The third-order valence-electron chi connectivity index (χ3n) is 5.99. The smallest absolute Gasteiger partial charge is 0.319 e. The lowest BCUT2D eigenvalue weighted by atomic mass is 10.0. The van der Waals surface area contributed by atoms with E-state index in [1.807, 2.05) is 66.4 Å². The summed E-state index contributed by atoms with van der Waals surface area (Å²) in [5, 5.41) is 11.1. The summed E-state index contributed by atoms with van der Waals surface area (Å²) in [7, 11) is 1.34. The number of carbonyl (C=O) groups is 1. The number of phenols is 1. The molecule has 0 fully saturated rings. The second-order valence-corrected chi connectivity index (χ2v) is 8.32. The Hall–Kier alpha value is -3.90. The van der Waals surface area contributed by atoms with E-state index in [9.17, 15) is 14.7 Å². The van der Waals surface area contributed by atoms with Gasteiger partial charge in [0.2, 0.25) is 5.43 Å². The maximum absolute atomic E-state index is 13.4. The van der Waals surface area contributed by atoms with Crippen LogP contribution in [0.2, 0.25) is 0 Å². The standard InChI is InChI=1S/C28H27NO5/c1-18-9-7-8-12-21(18)15-29(17-25(31)33-3)16-23-24(30)14-13-22-27(32)26(19(2)34-28(22)23)20-10-5-4-6-11-20/h4-14,30H,15-17H2,1-3H3. The number of phenolic OH excluding ortho intramolecular Hbond substituents is 1. The second-order valence-electron chi connectivity index (χ2n) is 8.32. The fourth-order valence-electron chi connectivity index (χ4n) is 4.17. The average molecular weight is 458 g/mol. The molecule has 34 heavy (non-hydrogen) atoms. The van der Waals surface area contributed by atoms with Crippen molar-refractivity contribution in [2.45, 2.75) is 26.9 Å². The number of hydrogen-bond donors (Lipinski definition) is 1. The van der Waals surface area contributed by atoms with Gasteiger partial charge in [-0.15, -0.1) is 0 Å². The Morgan fingerprint density at radius 3 is 2.38 bits per heavy atom. The summed E-state index contributed by atoms with van der Waals surface area (Å²) < 4.78 is 11.0. The number of fused-ring (bicyclic) bond motifs is 1. The minimum Gasteiger partial charge on any atom is -0.507 e. The zero-order valence-electron chi connectivity index (χ0n) is 19.5. The van der Waals surface area contributed by atoms with Crippen LogP contribution in [-0.4, -0.2) is 29.6 Å². The Balaban J connectivity index is 1.80. The van der Waals surface area contributed by atoms with E-state index >= 15 is 0 Å². The molecule has 0 aliphatic rings. The summed E-state index contributed by atoms with van der Waals surface area (Å²) in [6, 6.07) is 20.4. The van der Waals surface area contributed by atoms with E-state index in [1.165, 1.54) is 13.2 Å². The van der Waals surface area contributed by atoms with Crippen molar-refractivity contribution in [2.75, 3.05) is 13.7 Å². The topological polar surface area (TPSA) is 80.0 Å². The van der Waals surface area contributed by atoms with E-state index in [4.69, 9.17) is 9.15 Å². The molecule has 174 valence electrons. The van der Waals surface area contributed by atoms with Crippen LogP contribution in [0.3, 0.4) is 0 Å². The number of aromatic hydroxyl groups is 1. The summed E-state index contributed by atoms with van der Waals surface area (Å²) in [4.78, 5) is 27.4. The molecule has 6 nitrogen and oxygen atoms in total. The van der Waals surface area contributed by atoms with Gasteiger partial charge in [0.25, 0.3) is 0 Å². The first-order valence-electron chi connectivity index (χ1n) is 11.1. The van der Waals surface area contributed by atoms with Crippen molar-refractivity contribution in [1.29, 1.82) is 0 Å². The molecule has 0 saturated heterocycles. The number of rotatable bonds is 7. The molecule has 0 aliphatic heterocycles. The van der Waals surface area contributed by atoms with Crippen molar-refractivity contribution in [3.8, 4) is 16.9 Å². The van der Waals surface area contributed by atoms with Crippen LogP contribution in [0.25, 0.3) is 22.1 Å². The summed E-state index contributed by atoms with van der Waals surface area (Å²) in [6.07, 6.45) is 0. The maximum atomic E-state index is 13.4. The molecule has 0 amide bonds. The molecule has 0 unspecified atom stereocenters. The monoisotopic (exact) mass is 457 g/mol. The minimum atomic E-state index is -0.391. The molecule has 0 saturated carbocycles. The van der Waals surface area contributed by atoms with E-state index in [1.54, 1.807) is 13.0 Å². The van der Waals surface area contributed by atoms with Crippen LogP contribution < -0.4 is 5.43 Å². The van der Waals surface area contributed by atoms with Crippen molar-refractivity contribution in [2.24, 2.45) is 0 Å². The molecule has 0 bridgehead atoms. The number of carbonyl (C=O) groups excluding carboxylic acids is 1. The van der Waals surface area contributed by atoms with Gasteiger partial charge in [-0.05, 0) is 42.7 Å². The van der Waals surface area contributed by atoms with Crippen LogP contribution in [0.1, 0.15) is 22.5 Å². The molecular weight excluding hydrogens is 430 g/mol. The predicted octanol–water partition coefficient (Wildman–Crippen LogP) is 4.96. The molecular formula is C28H27NO5. The van der Waals surface area contributed by atoms with Gasteiger partial charge in [-0.2, -0.15) is 0 Å². The van der Waals surface area contributed by atoms with Crippen LogP contribution in [-0.2, 0) is 22.6 Å². The highest BCUT2D eigenvalue weighted by atomic mass is 16.5.